The van der Waals surface area contributed by atoms with Gasteiger partial charge in [0.2, 0.25) is 11.8 Å². The van der Waals surface area contributed by atoms with Crippen molar-refractivity contribution in [2.24, 2.45) is 0 Å². The second kappa shape index (κ2) is 9.18. The molecule has 1 unspecified atom stereocenters. The Bertz CT molecular complexity index is 1180. The third-order valence-corrected chi connectivity index (χ3v) is 5.81. The highest BCUT2D eigenvalue weighted by Gasteiger charge is 2.22. The van der Waals surface area contributed by atoms with Crippen molar-refractivity contribution in [3.63, 3.8) is 0 Å². The summed E-state index contributed by atoms with van der Waals surface area (Å²) in [7, 11) is 1.64. The zero-order valence-corrected chi connectivity index (χ0v) is 18.5. The van der Waals surface area contributed by atoms with Crippen molar-refractivity contribution in [1.29, 1.82) is 0 Å². The van der Waals surface area contributed by atoms with Crippen LogP contribution in [-0.4, -0.2) is 32.1 Å². The summed E-state index contributed by atoms with van der Waals surface area (Å²) in [6.45, 7) is 8.49. The summed E-state index contributed by atoms with van der Waals surface area (Å²) in [5.74, 6) is 2.50. The molecule has 0 aliphatic carbocycles. The van der Waals surface area contributed by atoms with E-state index in [1.807, 2.05) is 73.0 Å². The van der Waals surface area contributed by atoms with Crippen molar-refractivity contribution in [2.45, 2.75) is 30.8 Å². The van der Waals surface area contributed by atoms with Gasteiger partial charge in [-0.05, 0) is 38.1 Å². The predicted molar refractivity (Wildman–Crippen MR) is 121 cm³/mol. The number of aryl methyl sites for hydroxylation is 1. The predicted octanol–water partition coefficient (Wildman–Crippen LogP) is 5.35. The number of nitrogens with zero attached hydrogens (tertiary/aromatic N) is 5. The summed E-state index contributed by atoms with van der Waals surface area (Å²) >= 11 is 1.51. The van der Waals surface area contributed by atoms with Crippen molar-refractivity contribution in [3.8, 4) is 28.6 Å². The van der Waals surface area contributed by atoms with Crippen LogP contribution in [0, 0.1) is 6.92 Å². The quantitative estimate of drug-likeness (QED) is 0.274. The fraction of sp³-hybridized carbons (Fsp3) is 0.217. The highest BCUT2D eigenvalue weighted by atomic mass is 32.2. The van der Waals surface area contributed by atoms with Gasteiger partial charge >= 0.3 is 0 Å². The van der Waals surface area contributed by atoms with E-state index in [9.17, 15) is 0 Å². The summed E-state index contributed by atoms with van der Waals surface area (Å²) in [5, 5.41) is 17.9. The van der Waals surface area contributed by atoms with Crippen molar-refractivity contribution in [1.82, 2.24) is 25.0 Å². The van der Waals surface area contributed by atoms with Gasteiger partial charge in [-0.2, -0.15) is 0 Å². The topological polar surface area (TPSA) is 78.9 Å². The maximum Gasteiger partial charge on any atom is 0.247 e. The molecule has 158 valence electrons. The minimum absolute atomic E-state index is 0.106. The summed E-state index contributed by atoms with van der Waals surface area (Å²) in [6.07, 6.45) is 1.82. The standard InChI is InChI=1S/C23H23N5O2S/c1-5-14-28-20(18-8-6-7-9-19(18)29-4)24-27-23(28)31-16(3)21-25-26-22(30-21)17-12-10-15(2)11-13-17/h5-13,16H,1,14H2,2-4H3. The van der Waals surface area contributed by atoms with E-state index >= 15 is 0 Å². The van der Waals surface area contributed by atoms with Gasteiger partial charge in [0.1, 0.15) is 5.75 Å². The van der Waals surface area contributed by atoms with E-state index < -0.39 is 0 Å². The lowest BCUT2D eigenvalue weighted by atomic mass is 10.1. The average Bonchev–Trinajstić information content (AvgIpc) is 3.43. The first kappa shape index (κ1) is 20.9. The van der Waals surface area contributed by atoms with E-state index in [4.69, 9.17) is 9.15 Å². The summed E-state index contributed by atoms with van der Waals surface area (Å²) in [5.41, 5.74) is 2.95. The van der Waals surface area contributed by atoms with Crippen molar-refractivity contribution >= 4 is 11.8 Å². The number of hydrogen-bond acceptors (Lipinski definition) is 7. The lowest BCUT2D eigenvalue weighted by Gasteiger charge is -2.11. The van der Waals surface area contributed by atoms with Crippen LogP contribution in [0.15, 0.2) is 70.8 Å². The Morgan fingerprint density at radius 1 is 1.10 bits per heavy atom. The van der Waals surface area contributed by atoms with Gasteiger partial charge in [0, 0.05) is 12.1 Å². The Kier molecular flexibility index (Phi) is 6.18. The largest absolute Gasteiger partial charge is 0.496 e. The van der Waals surface area contributed by atoms with Gasteiger partial charge in [-0.25, -0.2) is 0 Å². The van der Waals surface area contributed by atoms with Crippen LogP contribution < -0.4 is 4.74 Å². The molecule has 0 aliphatic heterocycles. The molecule has 0 aliphatic rings. The lowest BCUT2D eigenvalue weighted by molar-refractivity contribution is 0.416. The Morgan fingerprint density at radius 3 is 2.61 bits per heavy atom. The second-order valence-electron chi connectivity index (χ2n) is 6.98. The van der Waals surface area contributed by atoms with Crippen LogP contribution in [0.1, 0.15) is 23.6 Å². The van der Waals surface area contributed by atoms with Crippen LogP contribution in [0.2, 0.25) is 0 Å². The van der Waals surface area contributed by atoms with E-state index in [1.54, 1.807) is 7.11 Å². The van der Waals surface area contributed by atoms with Crippen LogP contribution >= 0.6 is 11.8 Å². The first-order valence-electron chi connectivity index (χ1n) is 9.85. The number of methoxy groups -OCH3 is 1. The number of rotatable bonds is 8. The number of thioether (sulfide) groups is 1. The molecule has 31 heavy (non-hydrogen) atoms. The maximum atomic E-state index is 5.93. The molecule has 4 rings (SSSR count). The molecule has 0 saturated heterocycles. The third-order valence-electron chi connectivity index (χ3n) is 4.75. The molecule has 0 spiro atoms. The molecule has 2 heterocycles. The molecule has 0 N–H and O–H groups in total. The van der Waals surface area contributed by atoms with E-state index in [0.29, 0.717) is 18.3 Å². The zero-order valence-electron chi connectivity index (χ0n) is 17.6. The maximum absolute atomic E-state index is 5.93. The van der Waals surface area contributed by atoms with Crippen molar-refractivity contribution < 1.29 is 9.15 Å². The number of hydrogen-bond donors (Lipinski definition) is 0. The summed E-state index contributed by atoms with van der Waals surface area (Å²) in [6, 6.07) is 15.7. The van der Waals surface area contributed by atoms with Gasteiger partial charge in [0.05, 0.1) is 17.9 Å². The van der Waals surface area contributed by atoms with E-state index in [1.165, 1.54) is 17.3 Å². The van der Waals surface area contributed by atoms with Gasteiger partial charge in [0.25, 0.3) is 0 Å². The molecule has 0 amide bonds. The molecule has 0 radical (unpaired) electrons. The van der Waals surface area contributed by atoms with Crippen molar-refractivity contribution in [2.75, 3.05) is 7.11 Å². The fourth-order valence-electron chi connectivity index (χ4n) is 3.12. The molecule has 0 fully saturated rings. The highest BCUT2D eigenvalue weighted by Crippen LogP contribution is 2.37. The second-order valence-corrected chi connectivity index (χ2v) is 8.29. The first-order valence-corrected chi connectivity index (χ1v) is 10.7. The molecular weight excluding hydrogens is 410 g/mol. The molecule has 8 heteroatoms. The molecule has 4 aromatic rings. The fourth-order valence-corrected chi connectivity index (χ4v) is 4.01. The van der Waals surface area contributed by atoms with Gasteiger partial charge in [-0.15, -0.1) is 27.0 Å². The Morgan fingerprint density at radius 2 is 1.87 bits per heavy atom. The third kappa shape index (κ3) is 4.39. The minimum Gasteiger partial charge on any atom is -0.496 e. The van der Waals surface area contributed by atoms with Gasteiger partial charge in [-0.1, -0.05) is 47.7 Å². The first-order chi connectivity index (χ1) is 15.1. The molecular formula is C23H23N5O2S. The SMILES string of the molecule is C=CCn1c(SC(C)c2nnc(-c3ccc(C)cc3)o2)nnc1-c1ccccc1OC. The van der Waals surface area contributed by atoms with Crippen LogP contribution in [0.25, 0.3) is 22.8 Å². The van der Waals surface area contributed by atoms with E-state index in [2.05, 4.69) is 27.0 Å². The summed E-state index contributed by atoms with van der Waals surface area (Å²) < 4.78 is 13.4. The Balaban J connectivity index is 1.60. The number of aromatic nitrogens is 5. The molecule has 7 nitrogen and oxygen atoms in total. The Labute approximate surface area is 185 Å². The molecule has 2 aromatic heterocycles. The summed E-state index contributed by atoms with van der Waals surface area (Å²) in [4.78, 5) is 0. The monoisotopic (exact) mass is 433 g/mol. The van der Waals surface area contributed by atoms with Crippen molar-refractivity contribution in [3.05, 3.63) is 72.6 Å². The molecule has 1 atom stereocenters. The van der Waals surface area contributed by atoms with Gasteiger partial charge in [-0.3, -0.25) is 4.57 Å². The number of ether oxygens (including phenoxy) is 1. The van der Waals surface area contributed by atoms with Crippen LogP contribution in [0.5, 0.6) is 5.75 Å². The smallest absolute Gasteiger partial charge is 0.247 e. The lowest BCUT2D eigenvalue weighted by Crippen LogP contribution is -2.02. The number of para-hydroxylation sites is 1. The molecule has 0 saturated carbocycles. The van der Waals surface area contributed by atoms with Gasteiger partial charge in [0.15, 0.2) is 11.0 Å². The normalized spacial score (nSPS) is 12.0. The highest BCUT2D eigenvalue weighted by molar-refractivity contribution is 7.99. The van der Waals surface area contributed by atoms with E-state index in [0.717, 1.165) is 27.9 Å². The zero-order chi connectivity index (χ0) is 21.8. The van der Waals surface area contributed by atoms with Gasteiger partial charge < -0.3 is 9.15 Å². The number of allylic oxidation sites excluding steroid dienone is 1. The average molecular weight is 434 g/mol. The number of benzene rings is 2. The van der Waals surface area contributed by atoms with Crippen LogP contribution in [0.3, 0.4) is 0 Å². The minimum atomic E-state index is -0.106. The molecule has 0 bridgehead atoms. The van der Waals surface area contributed by atoms with Crippen LogP contribution in [0.4, 0.5) is 0 Å². The Hall–Kier alpha value is -3.39. The van der Waals surface area contributed by atoms with Crippen LogP contribution in [-0.2, 0) is 6.54 Å². The van der Waals surface area contributed by atoms with E-state index in [-0.39, 0.29) is 5.25 Å². The molecule has 2 aromatic carbocycles.